The number of esters is 1. The van der Waals surface area contributed by atoms with Gasteiger partial charge in [0, 0.05) is 6.54 Å². The Hall–Kier alpha value is -2.41. The standard InChI is InChI=1S/C18H26N2O5/c1-12(2)16(17(23)18(24)19-10-9-15(22)25-3)20-14(21)11-13-7-5-4-6-8-13/h4-8,12,16-17,23H,9-11H2,1-3H3,(H,19,24)(H,20,21)/t16-,17?/m0/s1. The van der Waals surface area contributed by atoms with E-state index in [9.17, 15) is 19.5 Å². The molecule has 0 saturated heterocycles. The molecule has 7 nitrogen and oxygen atoms in total. The maximum Gasteiger partial charge on any atom is 0.307 e. The highest BCUT2D eigenvalue weighted by Gasteiger charge is 2.30. The number of hydrogen-bond acceptors (Lipinski definition) is 5. The summed E-state index contributed by atoms with van der Waals surface area (Å²) in [6.07, 6.45) is -1.22. The highest BCUT2D eigenvalue weighted by Crippen LogP contribution is 2.09. The molecule has 0 aromatic heterocycles. The second kappa shape index (κ2) is 10.5. The summed E-state index contributed by atoms with van der Waals surface area (Å²) in [5.41, 5.74) is 0.847. The molecule has 2 amide bonds. The van der Waals surface area contributed by atoms with E-state index in [1.165, 1.54) is 7.11 Å². The summed E-state index contributed by atoms with van der Waals surface area (Å²) in [7, 11) is 1.26. The summed E-state index contributed by atoms with van der Waals surface area (Å²) in [6.45, 7) is 3.67. The minimum absolute atomic E-state index is 0.0155. The van der Waals surface area contributed by atoms with Gasteiger partial charge in [-0.1, -0.05) is 44.2 Å². The van der Waals surface area contributed by atoms with Crippen LogP contribution in [0.15, 0.2) is 30.3 Å². The van der Waals surface area contributed by atoms with Gasteiger partial charge in [-0.05, 0) is 11.5 Å². The quantitative estimate of drug-likeness (QED) is 0.560. The number of aliphatic hydroxyl groups is 1. The fourth-order valence-corrected chi connectivity index (χ4v) is 2.29. The van der Waals surface area contributed by atoms with Crippen LogP contribution in [0.2, 0.25) is 0 Å². The molecule has 0 aliphatic heterocycles. The summed E-state index contributed by atoms with van der Waals surface area (Å²) in [6, 6.07) is 8.48. The largest absolute Gasteiger partial charge is 0.469 e. The molecule has 0 bridgehead atoms. The molecule has 0 heterocycles. The lowest BCUT2D eigenvalue weighted by Gasteiger charge is -2.26. The average Bonchev–Trinajstić information content (AvgIpc) is 2.59. The van der Waals surface area contributed by atoms with Crippen molar-refractivity contribution < 1.29 is 24.2 Å². The minimum atomic E-state index is -1.41. The first-order chi connectivity index (χ1) is 11.8. The molecule has 1 aromatic carbocycles. The SMILES string of the molecule is COC(=O)CCNC(=O)C(O)[C@@H](NC(=O)Cc1ccccc1)C(C)C. The fraction of sp³-hybridized carbons (Fsp3) is 0.500. The highest BCUT2D eigenvalue weighted by molar-refractivity contribution is 5.84. The number of nitrogens with one attached hydrogen (secondary N) is 2. The van der Waals surface area contributed by atoms with Gasteiger partial charge in [-0.3, -0.25) is 14.4 Å². The molecule has 1 unspecified atom stereocenters. The Morgan fingerprint density at radius 1 is 1.16 bits per heavy atom. The minimum Gasteiger partial charge on any atom is -0.469 e. The van der Waals surface area contributed by atoms with Gasteiger partial charge in [-0.25, -0.2) is 0 Å². The van der Waals surface area contributed by atoms with Gasteiger partial charge in [-0.15, -0.1) is 0 Å². The normalized spacial score (nSPS) is 13.0. The van der Waals surface area contributed by atoms with Crippen LogP contribution in [-0.4, -0.2) is 48.7 Å². The smallest absolute Gasteiger partial charge is 0.307 e. The number of ether oxygens (including phenoxy) is 1. The highest BCUT2D eigenvalue weighted by atomic mass is 16.5. The Labute approximate surface area is 147 Å². The zero-order chi connectivity index (χ0) is 18.8. The lowest BCUT2D eigenvalue weighted by atomic mass is 9.97. The van der Waals surface area contributed by atoms with Crippen molar-refractivity contribution in [2.75, 3.05) is 13.7 Å². The molecule has 0 aliphatic rings. The van der Waals surface area contributed by atoms with E-state index < -0.39 is 24.0 Å². The van der Waals surface area contributed by atoms with E-state index in [0.717, 1.165) is 5.56 Å². The van der Waals surface area contributed by atoms with Crippen LogP contribution in [0.4, 0.5) is 0 Å². The third-order valence-corrected chi connectivity index (χ3v) is 3.72. The van der Waals surface area contributed by atoms with Gasteiger partial charge in [0.15, 0.2) is 6.10 Å². The molecule has 0 radical (unpaired) electrons. The van der Waals surface area contributed by atoms with Crippen molar-refractivity contribution >= 4 is 17.8 Å². The van der Waals surface area contributed by atoms with Crippen molar-refractivity contribution in [3.63, 3.8) is 0 Å². The zero-order valence-electron chi connectivity index (χ0n) is 14.8. The Morgan fingerprint density at radius 2 is 1.80 bits per heavy atom. The van der Waals surface area contributed by atoms with E-state index >= 15 is 0 Å². The van der Waals surface area contributed by atoms with E-state index in [0.29, 0.717) is 0 Å². The maximum atomic E-state index is 12.2. The number of aliphatic hydroxyl groups excluding tert-OH is 1. The zero-order valence-corrected chi connectivity index (χ0v) is 14.8. The van der Waals surface area contributed by atoms with E-state index in [4.69, 9.17) is 0 Å². The molecule has 0 saturated carbocycles. The third-order valence-electron chi connectivity index (χ3n) is 3.72. The van der Waals surface area contributed by atoms with Crippen LogP contribution in [0.3, 0.4) is 0 Å². The molecule has 1 rings (SSSR count). The number of benzene rings is 1. The Kier molecular flexibility index (Phi) is 8.63. The summed E-state index contributed by atoms with van der Waals surface area (Å²) in [5.74, 6) is -1.51. The maximum absolute atomic E-state index is 12.2. The van der Waals surface area contributed by atoms with E-state index in [1.54, 1.807) is 13.8 Å². The molecule has 7 heteroatoms. The van der Waals surface area contributed by atoms with Gasteiger partial charge in [0.25, 0.3) is 5.91 Å². The van der Waals surface area contributed by atoms with Gasteiger partial charge in [0.1, 0.15) is 0 Å². The topological polar surface area (TPSA) is 105 Å². The predicted molar refractivity (Wildman–Crippen MR) is 92.6 cm³/mol. The molecule has 138 valence electrons. The Morgan fingerprint density at radius 3 is 2.36 bits per heavy atom. The van der Waals surface area contributed by atoms with Gasteiger partial charge in [0.05, 0.1) is 26.0 Å². The summed E-state index contributed by atoms with van der Waals surface area (Å²) in [4.78, 5) is 35.2. The van der Waals surface area contributed by atoms with Crippen molar-refractivity contribution in [2.45, 2.75) is 38.8 Å². The summed E-state index contributed by atoms with van der Waals surface area (Å²) < 4.78 is 4.48. The van der Waals surface area contributed by atoms with Gasteiger partial charge in [0.2, 0.25) is 5.91 Å². The molecular formula is C18H26N2O5. The number of carbonyl (C=O) groups is 3. The summed E-state index contributed by atoms with van der Waals surface area (Å²) in [5, 5.41) is 15.4. The lowest BCUT2D eigenvalue weighted by Crippen LogP contribution is -2.53. The van der Waals surface area contributed by atoms with Gasteiger partial charge in [-0.2, -0.15) is 0 Å². The molecule has 2 atom stereocenters. The fourth-order valence-electron chi connectivity index (χ4n) is 2.29. The number of methoxy groups -OCH3 is 1. The first kappa shape index (κ1) is 20.6. The summed E-state index contributed by atoms with van der Waals surface area (Å²) >= 11 is 0. The van der Waals surface area contributed by atoms with Crippen molar-refractivity contribution in [3.05, 3.63) is 35.9 Å². The molecule has 0 aliphatic carbocycles. The first-order valence-corrected chi connectivity index (χ1v) is 8.21. The molecule has 0 spiro atoms. The monoisotopic (exact) mass is 350 g/mol. The number of amides is 2. The number of rotatable bonds is 9. The van der Waals surface area contributed by atoms with Crippen molar-refractivity contribution in [1.29, 1.82) is 0 Å². The van der Waals surface area contributed by atoms with Crippen LogP contribution in [0.25, 0.3) is 0 Å². The van der Waals surface area contributed by atoms with Crippen LogP contribution in [0, 0.1) is 5.92 Å². The molecule has 1 aromatic rings. The van der Waals surface area contributed by atoms with Crippen LogP contribution in [0.5, 0.6) is 0 Å². The van der Waals surface area contributed by atoms with Crippen molar-refractivity contribution in [2.24, 2.45) is 5.92 Å². The van der Waals surface area contributed by atoms with Crippen LogP contribution in [-0.2, 0) is 25.5 Å². The Balaban J connectivity index is 2.57. The molecule has 25 heavy (non-hydrogen) atoms. The lowest BCUT2D eigenvalue weighted by molar-refractivity contribution is -0.140. The number of hydrogen-bond donors (Lipinski definition) is 3. The van der Waals surface area contributed by atoms with Crippen LogP contribution < -0.4 is 10.6 Å². The second-order valence-electron chi connectivity index (χ2n) is 6.06. The van der Waals surface area contributed by atoms with E-state index in [2.05, 4.69) is 15.4 Å². The Bertz CT molecular complexity index is 574. The van der Waals surface area contributed by atoms with Crippen molar-refractivity contribution in [1.82, 2.24) is 10.6 Å². The van der Waals surface area contributed by atoms with Crippen LogP contribution >= 0.6 is 0 Å². The molecular weight excluding hydrogens is 324 g/mol. The van der Waals surface area contributed by atoms with E-state index in [1.807, 2.05) is 30.3 Å². The first-order valence-electron chi connectivity index (χ1n) is 8.21. The predicted octanol–water partition coefficient (Wildman–Crippen LogP) is 0.410. The third kappa shape index (κ3) is 7.34. The molecule has 3 N–H and O–H groups in total. The van der Waals surface area contributed by atoms with Gasteiger partial charge < -0.3 is 20.5 Å². The second-order valence-corrected chi connectivity index (χ2v) is 6.06. The molecule has 0 fully saturated rings. The number of carbonyl (C=O) groups excluding carboxylic acids is 3. The van der Waals surface area contributed by atoms with Crippen LogP contribution in [0.1, 0.15) is 25.8 Å². The van der Waals surface area contributed by atoms with E-state index in [-0.39, 0.29) is 31.2 Å². The average molecular weight is 350 g/mol. The van der Waals surface area contributed by atoms with Gasteiger partial charge >= 0.3 is 5.97 Å². The van der Waals surface area contributed by atoms with Crippen molar-refractivity contribution in [3.8, 4) is 0 Å².